The summed E-state index contributed by atoms with van der Waals surface area (Å²) in [5, 5.41) is 0. The third kappa shape index (κ3) is 3.24. The second-order valence-electron chi connectivity index (χ2n) is 14.1. The number of fused-ring (bicyclic) bond motifs is 3. The molecule has 5 aliphatic rings. The SMILES string of the molecule is C=C1CC23C1C(=O)C1CC(OC)CCC1(C)C2CCC1(C)C(C(C)CCCC(C)C)CCC13. The number of carbonyl (C=O) groups excluding carboxylic acids is 1. The second-order valence-corrected chi connectivity index (χ2v) is 14.1. The van der Waals surface area contributed by atoms with E-state index in [1.165, 1.54) is 56.9 Å². The summed E-state index contributed by atoms with van der Waals surface area (Å²) in [4.78, 5) is 14.1. The van der Waals surface area contributed by atoms with Gasteiger partial charge in [-0.3, -0.25) is 4.79 Å². The molecule has 0 radical (unpaired) electrons. The molecule has 0 aromatic carbocycles. The van der Waals surface area contributed by atoms with Crippen LogP contribution in [0, 0.1) is 57.7 Å². The summed E-state index contributed by atoms with van der Waals surface area (Å²) < 4.78 is 5.77. The molecule has 5 fully saturated rings. The fourth-order valence-corrected chi connectivity index (χ4v) is 10.9. The van der Waals surface area contributed by atoms with Crippen molar-refractivity contribution >= 4 is 5.78 Å². The number of carbonyl (C=O) groups is 1. The first-order valence-electron chi connectivity index (χ1n) is 14.3. The predicted octanol–water partition coefficient (Wildman–Crippen LogP) is 7.86. The first-order chi connectivity index (χ1) is 15.6. The van der Waals surface area contributed by atoms with Crippen molar-refractivity contribution in [1.82, 2.24) is 0 Å². The largest absolute Gasteiger partial charge is 0.381 e. The van der Waals surface area contributed by atoms with E-state index in [2.05, 4.69) is 41.2 Å². The Bertz CT molecular complexity index is 799. The zero-order valence-electron chi connectivity index (χ0n) is 22.4. The summed E-state index contributed by atoms with van der Waals surface area (Å²) >= 11 is 0. The lowest BCUT2D eigenvalue weighted by molar-refractivity contribution is -0.222. The van der Waals surface area contributed by atoms with E-state index in [4.69, 9.17) is 4.74 Å². The fourth-order valence-electron chi connectivity index (χ4n) is 10.9. The zero-order valence-corrected chi connectivity index (χ0v) is 22.4. The molecule has 0 N–H and O–H groups in total. The van der Waals surface area contributed by atoms with Crippen LogP contribution in [0.4, 0.5) is 0 Å². The van der Waals surface area contributed by atoms with Crippen LogP contribution in [0.25, 0.3) is 0 Å². The van der Waals surface area contributed by atoms with Crippen LogP contribution in [-0.2, 0) is 9.53 Å². The van der Waals surface area contributed by atoms with E-state index >= 15 is 0 Å². The van der Waals surface area contributed by atoms with Gasteiger partial charge in [0.2, 0.25) is 0 Å². The Labute approximate surface area is 203 Å². The molecule has 0 bridgehead atoms. The van der Waals surface area contributed by atoms with Crippen molar-refractivity contribution in [3.63, 3.8) is 0 Å². The smallest absolute Gasteiger partial charge is 0.144 e. The highest BCUT2D eigenvalue weighted by atomic mass is 16.5. The van der Waals surface area contributed by atoms with Gasteiger partial charge in [-0.25, -0.2) is 0 Å². The molecule has 33 heavy (non-hydrogen) atoms. The first kappa shape index (κ1) is 24.1. The van der Waals surface area contributed by atoms with E-state index in [1.807, 2.05) is 7.11 Å². The van der Waals surface area contributed by atoms with Crippen LogP contribution in [0.15, 0.2) is 12.2 Å². The van der Waals surface area contributed by atoms with Crippen LogP contribution in [0.3, 0.4) is 0 Å². The van der Waals surface area contributed by atoms with E-state index in [9.17, 15) is 4.79 Å². The molecule has 5 aliphatic carbocycles. The third-order valence-electron chi connectivity index (χ3n) is 12.3. The molecule has 5 saturated carbocycles. The van der Waals surface area contributed by atoms with Gasteiger partial charge in [0.25, 0.3) is 0 Å². The maximum absolute atomic E-state index is 14.1. The van der Waals surface area contributed by atoms with Crippen molar-refractivity contribution in [3.05, 3.63) is 12.2 Å². The van der Waals surface area contributed by atoms with Crippen molar-refractivity contribution in [3.8, 4) is 0 Å². The summed E-state index contributed by atoms with van der Waals surface area (Å²) in [7, 11) is 1.83. The Morgan fingerprint density at radius 1 is 1.00 bits per heavy atom. The fraction of sp³-hybridized carbons (Fsp3) is 0.903. The van der Waals surface area contributed by atoms with Crippen LogP contribution < -0.4 is 0 Å². The lowest BCUT2D eigenvalue weighted by Gasteiger charge is -2.73. The molecule has 0 aliphatic heterocycles. The zero-order chi connectivity index (χ0) is 23.8. The third-order valence-corrected chi connectivity index (χ3v) is 12.3. The summed E-state index contributed by atoms with van der Waals surface area (Å²) in [6, 6.07) is 0. The molecule has 0 saturated heterocycles. The maximum Gasteiger partial charge on any atom is 0.144 e. The van der Waals surface area contributed by atoms with Gasteiger partial charge in [0.1, 0.15) is 5.78 Å². The number of hydrogen-bond acceptors (Lipinski definition) is 2. The Balaban J connectivity index is 1.45. The highest BCUT2D eigenvalue weighted by molar-refractivity contribution is 5.91. The van der Waals surface area contributed by atoms with Crippen LogP contribution in [0.5, 0.6) is 0 Å². The van der Waals surface area contributed by atoms with E-state index in [0.717, 1.165) is 42.9 Å². The number of allylic oxidation sites excluding steroid dienone is 1. The van der Waals surface area contributed by atoms with Crippen molar-refractivity contribution in [2.24, 2.45) is 57.7 Å². The number of hydrogen-bond donors (Lipinski definition) is 0. The summed E-state index contributed by atoms with van der Waals surface area (Å²) in [5.74, 6) is 4.79. The maximum atomic E-state index is 14.1. The second kappa shape index (κ2) is 8.21. The summed E-state index contributed by atoms with van der Waals surface area (Å²) in [5.41, 5.74) is 2.08. The number of rotatable bonds is 6. The van der Waals surface area contributed by atoms with E-state index in [-0.39, 0.29) is 28.8 Å². The lowest BCUT2D eigenvalue weighted by Crippen LogP contribution is -2.71. The van der Waals surface area contributed by atoms with Gasteiger partial charge < -0.3 is 4.74 Å². The van der Waals surface area contributed by atoms with Gasteiger partial charge in [-0.05, 0) is 97.2 Å². The normalized spacial score (nSPS) is 49.7. The average molecular weight is 455 g/mol. The van der Waals surface area contributed by atoms with Crippen LogP contribution in [-0.4, -0.2) is 19.0 Å². The Kier molecular flexibility index (Phi) is 5.99. The molecule has 0 amide bonds. The van der Waals surface area contributed by atoms with Crippen LogP contribution in [0.1, 0.15) is 105 Å². The van der Waals surface area contributed by atoms with Gasteiger partial charge in [-0.2, -0.15) is 0 Å². The molecule has 2 nitrogen and oxygen atoms in total. The molecule has 5 rings (SSSR count). The van der Waals surface area contributed by atoms with Crippen LogP contribution >= 0.6 is 0 Å². The molecule has 1 spiro atoms. The lowest BCUT2D eigenvalue weighted by atomic mass is 9.30. The number of ketones is 1. The molecule has 186 valence electrons. The Hall–Kier alpha value is -0.630. The molecule has 0 heterocycles. The summed E-state index contributed by atoms with van der Waals surface area (Å²) in [6.45, 7) is 16.9. The molecular formula is C31H50O2. The number of Topliss-reactive ketones (excluding diaryl/α,β-unsaturated/α-hetero) is 1. The van der Waals surface area contributed by atoms with Crippen molar-refractivity contribution in [1.29, 1.82) is 0 Å². The van der Waals surface area contributed by atoms with Gasteiger partial charge in [-0.15, -0.1) is 0 Å². The number of methoxy groups -OCH3 is 1. The molecule has 10 unspecified atom stereocenters. The van der Waals surface area contributed by atoms with Crippen molar-refractivity contribution in [2.45, 2.75) is 111 Å². The van der Waals surface area contributed by atoms with Gasteiger partial charge in [0, 0.05) is 18.9 Å². The monoisotopic (exact) mass is 454 g/mol. The van der Waals surface area contributed by atoms with Crippen LogP contribution in [0.2, 0.25) is 0 Å². The van der Waals surface area contributed by atoms with Gasteiger partial charge in [0.15, 0.2) is 0 Å². The minimum absolute atomic E-state index is 0.149. The van der Waals surface area contributed by atoms with E-state index < -0.39 is 0 Å². The minimum atomic E-state index is 0.149. The molecule has 0 aromatic heterocycles. The van der Waals surface area contributed by atoms with Crippen molar-refractivity contribution in [2.75, 3.05) is 7.11 Å². The molecular weight excluding hydrogens is 404 g/mol. The van der Waals surface area contributed by atoms with Gasteiger partial charge in [0.05, 0.1) is 6.10 Å². The Morgan fingerprint density at radius 3 is 2.36 bits per heavy atom. The highest BCUT2D eigenvalue weighted by Crippen LogP contribution is 2.79. The van der Waals surface area contributed by atoms with Gasteiger partial charge >= 0.3 is 0 Å². The highest BCUT2D eigenvalue weighted by Gasteiger charge is 2.75. The van der Waals surface area contributed by atoms with E-state index in [0.29, 0.717) is 17.1 Å². The van der Waals surface area contributed by atoms with Gasteiger partial charge in [-0.1, -0.05) is 66.0 Å². The Morgan fingerprint density at radius 2 is 1.70 bits per heavy atom. The molecule has 0 aromatic rings. The average Bonchev–Trinajstić information content (AvgIpc) is 3.10. The molecule has 10 atom stereocenters. The molecule has 2 heteroatoms. The van der Waals surface area contributed by atoms with E-state index in [1.54, 1.807) is 0 Å². The minimum Gasteiger partial charge on any atom is -0.381 e. The summed E-state index contributed by atoms with van der Waals surface area (Å²) in [6.07, 6.45) is 14.2. The topological polar surface area (TPSA) is 26.3 Å². The van der Waals surface area contributed by atoms with Crippen molar-refractivity contribution < 1.29 is 9.53 Å². The number of ether oxygens (including phenoxy) is 1. The quantitative estimate of drug-likeness (QED) is 0.382. The predicted molar refractivity (Wildman–Crippen MR) is 136 cm³/mol. The standard InChI is InChI=1S/C31H50O2/c1-19(2)9-8-10-20(3)23-11-12-25-29(23,5)16-14-26-30(6)15-13-22(33-7)17-24(30)28(32)27-21(4)18-31(25,26)27/h19-20,22-27H,4,8-18H2,1-3,5-7H3. The first-order valence-corrected chi connectivity index (χ1v) is 14.3.